The number of benzene rings is 2. The van der Waals surface area contributed by atoms with E-state index in [1.54, 1.807) is 19.1 Å². The van der Waals surface area contributed by atoms with Crippen molar-refractivity contribution in [2.75, 3.05) is 19.8 Å². The van der Waals surface area contributed by atoms with Gasteiger partial charge in [-0.05, 0) is 49.9 Å². The third kappa shape index (κ3) is 6.03. The van der Waals surface area contributed by atoms with E-state index in [1.165, 1.54) is 12.1 Å². The third-order valence-corrected chi connectivity index (χ3v) is 5.39. The summed E-state index contributed by atoms with van der Waals surface area (Å²) in [5.41, 5.74) is 1.56. The Morgan fingerprint density at radius 3 is 2.29 bits per heavy atom. The first-order valence-corrected chi connectivity index (χ1v) is 10.7. The van der Waals surface area contributed by atoms with E-state index in [2.05, 4.69) is 12.2 Å². The van der Waals surface area contributed by atoms with Crippen LogP contribution in [0, 0.1) is 17.6 Å². The third-order valence-electron chi connectivity index (χ3n) is 5.39. The van der Waals surface area contributed by atoms with Crippen LogP contribution in [0.3, 0.4) is 0 Å². The van der Waals surface area contributed by atoms with E-state index in [9.17, 15) is 13.2 Å². The number of alkyl halides is 1. The molecule has 0 N–H and O–H groups in total. The Kier molecular flexibility index (Phi) is 8.41. The second-order valence-corrected chi connectivity index (χ2v) is 7.58. The summed E-state index contributed by atoms with van der Waals surface area (Å²) < 4.78 is 58.7. The monoisotopic (exact) mass is 434 g/mol. The first kappa shape index (κ1) is 23.2. The first-order valence-electron chi connectivity index (χ1n) is 10.7. The van der Waals surface area contributed by atoms with E-state index in [4.69, 9.17) is 14.2 Å². The predicted molar refractivity (Wildman–Crippen MR) is 114 cm³/mol. The van der Waals surface area contributed by atoms with Gasteiger partial charge >= 0.3 is 0 Å². The number of hydrogen-bond acceptors (Lipinski definition) is 3. The topological polar surface area (TPSA) is 27.7 Å². The minimum Gasteiger partial charge on any atom is -0.491 e. The normalized spacial score (nSPS) is 20.0. The molecule has 1 heterocycles. The van der Waals surface area contributed by atoms with Crippen molar-refractivity contribution in [2.24, 2.45) is 5.92 Å². The second kappa shape index (κ2) is 11.2. The highest BCUT2D eigenvalue weighted by Crippen LogP contribution is 2.33. The smallest absolute Gasteiger partial charge is 0.204 e. The number of hydrogen-bond donors (Lipinski definition) is 0. The van der Waals surface area contributed by atoms with Gasteiger partial charge in [0.15, 0.2) is 11.5 Å². The largest absolute Gasteiger partial charge is 0.491 e. The molecule has 3 atom stereocenters. The first-order chi connectivity index (χ1) is 15.0. The molecule has 168 valence electrons. The van der Waals surface area contributed by atoms with Crippen LogP contribution < -0.4 is 9.47 Å². The van der Waals surface area contributed by atoms with Crippen LogP contribution in [0.2, 0.25) is 0 Å². The van der Waals surface area contributed by atoms with Crippen molar-refractivity contribution in [3.63, 3.8) is 0 Å². The molecule has 0 radical (unpaired) electrons. The van der Waals surface area contributed by atoms with E-state index in [1.807, 2.05) is 19.1 Å². The van der Waals surface area contributed by atoms with Gasteiger partial charge in [0.05, 0.1) is 25.9 Å². The molecule has 3 unspecified atom stereocenters. The molecular weight excluding hydrogens is 405 g/mol. The average molecular weight is 434 g/mol. The lowest BCUT2D eigenvalue weighted by Crippen LogP contribution is -2.19. The Morgan fingerprint density at radius 1 is 1.03 bits per heavy atom. The fourth-order valence-electron chi connectivity index (χ4n) is 3.71. The van der Waals surface area contributed by atoms with Crippen LogP contribution in [0.4, 0.5) is 13.2 Å². The van der Waals surface area contributed by atoms with Gasteiger partial charge in [-0.25, -0.2) is 4.39 Å². The van der Waals surface area contributed by atoms with Gasteiger partial charge in [-0.2, -0.15) is 8.78 Å². The Labute approximate surface area is 181 Å². The Hall–Kier alpha value is -2.47. The Balaban J connectivity index is 1.50. The molecule has 1 aliphatic heterocycles. The second-order valence-electron chi connectivity index (χ2n) is 7.58. The van der Waals surface area contributed by atoms with Gasteiger partial charge in [-0.15, -0.1) is 0 Å². The van der Waals surface area contributed by atoms with Gasteiger partial charge in [0.2, 0.25) is 11.6 Å². The fourth-order valence-corrected chi connectivity index (χ4v) is 3.71. The van der Waals surface area contributed by atoms with Crippen LogP contribution in [0.1, 0.15) is 56.5 Å². The van der Waals surface area contributed by atoms with Crippen LogP contribution in [0.25, 0.3) is 0 Å². The van der Waals surface area contributed by atoms with Gasteiger partial charge in [-0.1, -0.05) is 36.4 Å². The Bertz CT molecular complexity index is 859. The van der Waals surface area contributed by atoms with Crippen molar-refractivity contribution in [3.8, 4) is 11.5 Å². The van der Waals surface area contributed by atoms with Crippen LogP contribution in [-0.4, -0.2) is 19.8 Å². The summed E-state index contributed by atoms with van der Waals surface area (Å²) in [7, 11) is 0. The molecule has 31 heavy (non-hydrogen) atoms. The maximum Gasteiger partial charge on any atom is 0.204 e. The zero-order chi connectivity index (χ0) is 22.2. The highest BCUT2D eigenvalue weighted by atomic mass is 19.2. The molecule has 0 saturated carbocycles. The molecule has 0 spiro atoms. The minimum absolute atomic E-state index is 0.0264. The molecule has 1 saturated heterocycles. The fraction of sp³-hybridized carbons (Fsp3) is 0.440. The maximum atomic E-state index is 14.6. The van der Waals surface area contributed by atoms with E-state index < -0.39 is 17.8 Å². The summed E-state index contributed by atoms with van der Waals surface area (Å²) in [4.78, 5) is 0. The van der Waals surface area contributed by atoms with Crippen molar-refractivity contribution < 1.29 is 27.4 Å². The van der Waals surface area contributed by atoms with Crippen molar-refractivity contribution in [2.45, 2.75) is 45.4 Å². The summed E-state index contributed by atoms with van der Waals surface area (Å²) in [5, 5.41) is 0. The molecule has 1 fully saturated rings. The van der Waals surface area contributed by atoms with E-state index in [-0.39, 0.29) is 37.2 Å². The lowest BCUT2D eigenvalue weighted by molar-refractivity contribution is -0.00527. The lowest BCUT2D eigenvalue weighted by Gasteiger charge is -2.28. The van der Waals surface area contributed by atoms with Crippen molar-refractivity contribution >= 4 is 0 Å². The van der Waals surface area contributed by atoms with E-state index in [0.29, 0.717) is 18.1 Å². The molecule has 3 rings (SSSR count). The molecule has 1 aliphatic rings. The minimum atomic E-state index is -1.27. The summed E-state index contributed by atoms with van der Waals surface area (Å²) in [5.74, 6) is -2.20. The lowest BCUT2D eigenvalue weighted by atomic mass is 9.93. The summed E-state index contributed by atoms with van der Waals surface area (Å²) >= 11 is 0. The predicted octanol–water partition coefficient (Wildman–Crippen LogP) is 6.89. The molecule has 6 heteroatoms. The zero-order valence-electron chi connectivity index (χ0n) is 18.0. The highest BCUT2D eigenvalue weighted by molar-refractivity contribution is 5.35. The van der Waals surface area contributed by atoms with Crippen LogP contribution in [0.15, 0.2) is 48.6 Å². The molecule has 0 amide bonds. The van der Waals surface area contributed by atoms with Gasteiger partial charge in [0.1, 0.15) is 6.17 Å². The van der Waals surface area contributed by atoms with Gasteiger partial charge < -0.3 is 14.2 Å². The van der Waals surface area contributed by atoms with Crippen LogP contribution >= 0.6 is 0 Å². The van der Waals surface area contributed by atoms with Gasteiger partial charge in [-0.3, -0.25) is 0 Å². The molecular formula is C25H29F3O3. The number of halogens is 3. The number of allylic oxidation sites excluding steroid dienone is 1. The van der Waals surface area contributed by atoms with Gasteiger partial charge in [0, 0.05) is 12.3 Å². The molecule has 3 nitrogen and oxygen atoms in total. The molecule has 2 aromatic rings. The molecule has 2 aromatic carbocycles. The van der Waals surface area contributed by atoms with E-state index in [0.717, 1.165) is 18.4 Å². The number of ether oxygens (including phenoxy) is 3. The summed E-state index contributed by atoms with van der Waals surface area (Å²) in [6.45, 7) is 4.53. The molecule has 0 bridgehead atoms. The van der Waals surface area contributed by atoms with Crippen molar-refractivity contribution in [3.05, 3.63) is 71.3 Å². The molecule has 0 aliphatic carbocycles. The number of rotatable bonds is 9. The van der Waals surface area contributed by atoms with Crippen molar-refractivity contribution in [1.82, 2.24) is 0 Å². The van der Waals surface area contributed by atoms with Crippen LogP contribution in [-0.2, 0) is 4.74 Å². The van der Waals surface area contributed by atoms with Gasteiger partial charge in [0.25, 0.3) is 0 Å². The zero-order valence-corrected chi connectivity index (χ0v) is 18.0. The van der Waals surface area contributed by atoms with E-state index >= 15 is 0 Å². The standard InChI is InChI=1S/C25H29F3O3/c1-3-5-17-6-11-21(31-16-17)19-9-7-18(8-10-19)20(26)14-15-30-23-13-12-22(29-4-2)24(27)25(23)28/h3,5,7-10,12-13,17,20-21H,4,6,11,14-16H2,1-2H3/b5-3+. The quantitative estimate of drug-likeness (QED) is 0.402. The summed E-state index contributed by atoms with van der Waals surface area (Å²) in [6, 6.07) is 9.88. The SMILES string of the molecule is C/C=C/C1CCC(c2ccc(C(F)CCOc3ccc(OCC)c(F)c3F)cc2)OC1. The molecule has 0 aromatic heterocycles. The Morgan fingerprint density at radius 2 is 1.71 bits per heavy atom. The van der Waals surface area contributed by atoms with Crippen molar-refractivity contribution in [1.29, 1.82) is 0 Å². The average Bonchev–Trinajstić information content (AvgIpc) is 2.79. The van der Waals surface area contributed by atoms with Crippen LogP contribution in [0.5, 0.6) is 11.5 Å². The maximum absolute atomic E-state index is 14.6. The summed E-state index contributed by atoms with van der Waals surface area (Å²) in [6.07, 6.45) is 5.02. The highest BCUT2D eigenvalue weighted by Gasteiger charge is 2.22.